The molecule has 0 bridgehead atoms. The number of rotatable bonds is 5. The standard InChI is InChI=1S/C15H30N2/c1-13(2)16-11-15(8-4-5-9-15)12-17-10-6-7-14(17)3/h13-14,16H,4-12H2,1-3H3. The van der Waals surface area contributed by atoms with E-state index in [0.717, 1.165) is 6.04 Å². The van der Waals surface area contributed by atoms with Crippen molar-refractivity contribution in [1.82, 2.24) is 10.2 Å². The molecule has 0 spiro atoms. The maximum atomic E-state index is 3.69. The Morgan fingerprint density at radius 1 is 1.24 bits per heavy atom. The van der Waals surface area contributed by atoms with E-state index in [4.69, 9.17) is 0 Å². The summed E-state index contributed by atoms with van der Waals surface area (Å²) in [5.74, 6) is 0. The molecule has 0 aromatic rings. The molecule has 2 fully saturated rings. The Balaban J connectivity index is 1.91. The third-order valence-corrected chi connectivity index (χ3v) is 4.78. The average Bonchev–Trinajstić information content (AvgIpc) is 2.88. The highest BCUT2D eigenvalue weighted by atomic mass is 15.2. The molecule has 0 amide bonds. The zero-order chi connectivity index (χ0) is 12.3. The minimum absolute atomic E-state index is 0.586. The van der Waals surface area contributed by atoms with E-state index >= 15 is 0 Å². The second kappa shape index (κ2) is 5.71. The first-order valence-corrected chi connectivity index (χ1v) is 7.59. The lowest BCUT2D eigenvalue weighted by Crippen LogP contribution is -2.45. The fourth-order valence-corrected chi connectivity index (χ4v) is 3.59. The summed E-state index contributed by atoms with van der Waals surface area (Å²) in [4.78, 5) is 2.74. The average molecular weight is 238 g/mol. The molecule has 100 valence electrons. The van der Waals surface area contributed by atoms with Gasteiger partial charge < -0.3 is 10.2 Å². The van der Waals surface area contributed by atoms with Crippen LogP contribution in [0, 0.1) is 5.41 Å². The third-order valence-electron chi connectivity index (χ3n) is 4.78. The first-order chi connectivity index (χ1) is 8.11. The van der Waals surface area contributed by atoms with Crippen LogP contribution in [0.1, 0.15) is 59.3 Å². The first-order valence-electron chi connectivity index (χ1n) is 7.59. The van der Waals surface area contributed by atoms with Crippen LogP contribution in [0.3, 0.4) is 0 Å². The number of nitrogens with one attached hydrogen (secondary N) is 1. The predicted molar refractivity (Wildman–Crippen MR) is 74.3 cm³/mol. The van der Waals surface area contributed by atoms with Gasteiger partial charge in [0.05, 0.1) is 0 Å². The van der Waals surface area contributed by atoms with Crippen LogP contribution in [-0.2, 0) is 0 Å². The van der Waals surface area contributed by atoms with E-state index in [0.29, 0.717) is 11.5 Å². The Bertz CT molecular complexity index is 231. The Morgan fingerprint density at radius 2 is 1.94 bits per heavy atom. The second-order valence-corrected chi connectivity index (χ2v) is 6.70. The molecule has 1 aliphatic heterocycles. The molecule has 1 aliphatic carbocycles. The van der Waals surface area contributed by atoms with Gasteiger partial charge in [-0.05, 0) is 44.6 Å². The highest BCUT2D eigenvalue weighted by molar-refractivity contribution is 4.92. The fourth-order valence-electron chi connectivity index (χ4n) is 3.59. The van der Waals surface area contributed by atoms with Crippen molar-refractivity contribution in [1.29, 1.82) is 0 Å². The van der Waals surface area contributed by atoms with E-state index in [9.17, 15) is 0 Å². The Hall–Kier alpha value is -0.0800. The van der Waals surface area contributed by atoms with Crippen LogP contribution in [-0.4, -0.2) is 36.6 Å². The van der Waals surface area contributed by atoms with Gasteiger partial charge in [0.25, 0.3) is 0 Å². The maximum Gasteiger partial charge on any atom is 0.00676 e. The summed E-state index contributed by atoms with van der Waals surface area (Å²) in [5, 5.41) is 3.69. The van der Waals surface area contributed by atoms with Gasteiger partial charge in [0.1, 0.15) is 0 Å². The van der Waals surface area contributed by atoms with Crippen LogP contribution in [0.5, 0.6) is 0 Å². The predicted octanol–water partition coefficient (Wildman–Crippen LogP) is 3.03. The van der Waals surface area contributed by atoms with Gasteiger partial charge in [-0.15, -0.1) is 0 Å². The van der Waals surface area contributed by atoms with Crippen molar-refractivity contribution in [3.8, 4) is 0 Å². The molecule has 2 heteroatoms. The van der Waals surface area contributed by atoms with Crippen molar-refractivity contribution in [2.75, 3.05) is 19.6 Å². The Morgan fingerprint density at radius 3 is 2.47 bits per heavy atom. The van der Waals surface area contributed by atoms with Crippen LogP contribution in [0.4, 0.5) is 0 Å². The smallest absolute Gasteiger partial charge is 0.00676 e. The number of likely N-dealkylation sites (tertiary alicyclic amines) is 1. The molecule has 0 aromatic carbocycles. The molecule has 1 saturated heterocycles. The van der Waals surface area contributed by atoms with Crippen molar-refractivity contribution in [2.45, 2.75) is 71.4 Å². The summed E-state index contributed by atoms with van der Waals surface area (Å²) < 4.78 is 0. The Kier molecular flexibility index (Phi) is 4.48. The molecule has 2 nitrogen and oxygen atoms in total. The first kappa shape index (κ1) is 13.4. The quantitative estimate of drug-likeness (QED) is 0.792. The molecule has 2 rings (SSSR count). The van der Waals surface area contributed by atoms with Crippen molar-refractivity contribution in [3.63, 3.8) is 0 Å². The zero-order valence-electron chi connectivity index (χ0n) is 12.0. The molecule has 0 radical (unpaired) electrons. The topological polar surface area (TPSA) is 15.3 Å². The van der Waals surface area contributed by atoms with Crippen LogP contribution in [0.2, 0.25) is 0 Å². The zero-order valence-corrected chi connectivity index (χ0v) is 12.0. The van der Waals surface area contributed by atoms with E-state index in [2.05, 4.69) is 31.0 Å². The van der Waals surface area contributed by atoms with Gasteiger partial charge in [-0.1, -0.05) is 26.7 Å². The van der Waals surface area contributed by atoms with Gasteiger partial charge in [0.2, 0.25) is 0 Å². The normalized spacial score (nSPS) is 29.3. The summed E-state index contributed by atoms with van der Waals surface area (Å²) in [6, 6.07) is 1.45. The molecule has 1 saturated carbocycles. The molecule has 1 atom stereocenters. The van der Waals surface area contributed by atoms with Crippen molar-refractivity contribution >= 4 is 0 Å². The molecule has 17 heavy (non-hydrogen) atoms. The van der Waals surface area contributed by atoms with E-state index in [1.807, 2.05) is 0 Å². The molecule has 1 heterocycles. The molecule has 1 unspecified atom stereocenters. The number of nitrogens with zero attached hydrogens (tertiary/aromatic N) is 1. The minimum atomic E-state index is 0.586. The highest BCUT2D eigenvalue weighted by Gasteiger charge is 2.37. The van der Waals surface area contributed by atoms with E-state index in [1.54, 1.807) is 0 Å². The molecular formula is C15H30N2. The third kappa shape index (κ3) is 3.45. The monoisotopic (exact) mass is 238 g/mol. The molecule has 2 aliphatic rings. The maximum absolute atomic E-state index is 3.69. The lowest BCUT2D eigenvalue weighted by Gasteiger charge is -2.36. The molecule has 0 aromatic heterocycles. The summed E-state index contributed by atoms with van der Waals surface area (Å²) >= 11 is 0. The summed E-state index contributed by atoms with van der Waals surface area (Å²) in [6.07, 6.45) is 8.60. The van der Waals surface area contributed by atoms with Gasteiger partial charge in [0, 0.05) is 25.2 Å². The van der Waals surface area contributed by atoms with Crippen LogP contribution in [0.25, 0.3) is 0 Å². The SMILES string of the molecule is CC(C)NCC1(CN2CCCC2C)CCCC1. The number of hydrogen-bond acceptors (Lipinski definition) is 2. The number of hydrogen-bond donors (Lipinski definition) is 1. The van der Waals surface area contributed by atoms with Gasteiger partial charge in [-0.25, -0.2) is 0 Å². The van der Waals surface area contributed by atoms with E-state index < -0.39 is 0 Å². The summed E-state index contributed by atoms with van der Waals surface area (Å²) in [5.41, 5.74) is 0.586. The van der Waals surface area contributed by atoms with Crippen molar-refractivity contribution < 1.29 is 0 Å². The van der Waals surface area contributed by atoms with Crippen LogP contribution in [0.15, 0.2) is 0 Å². The van der Waals surface area contributed by atoms with E-state index in [1.165, 1.54) is 58.2 Å². The molecule has 1 N–H and O–H groups in total. The lowest BCUT2D eigenvalue weighted by molar-refractivity contribution is 0.142. The van der Waals surface area contributed by atoms with Crippen molar-refractivity contribution in [2.24, 2.45) is 5.41 Å². The second-order valence-electron chi connectivity index (χ2n) is 6.70. The van der Waals surface area contributed by atoms with Gasteiger partial charge >= 0.3 is 0 Å². The van der Waals surface area contributed by atoms with Gasteiger partial charge in [0.15, 0.2) is 0 Å². The van der Waals surface area contributed by atoms with Gasteiger partial charge in [-0.3, -0.25) is 0 Å². The molecular weight excluding hydrogens is 208 g/mol. The van der Waals surface area contributed by atoms with Crippen LogP contribution < -0.4 is 5.32 Å². The van der Waals surface area contributed by atoms with Crippen molar-refractivity contribution in [3.05, 3.63) is 0 Å². The summed E-state index contributed by atoms with van der Waals surface area (Å²) in [6.45, 7) is 10.8. The van der Waals surface area contributed by atoms with Crippen LogP contribution >= 0.6 is 0 Å². The van der Waals surface area contributed by atoms with E-state index in [-0.39, 0.29) is 0 Å². The Labute approximate surface area is 107 Å². The minimum Gasteiger partial charge on any atom is -0.314 e. The summed E-state index contributed by atoms with van der Waals surface area (Å²) in [7, 11) is 0. The lowest BCUT2D eigenvalue weighted by atomic mass is 9.85. The highest BCUT2D eigenvalue weighted by Crippen LogP contribution is 2.39. The van der Waals surface area contributed by atoms with Gasteiger partial charge in [-0.2, -0.15) is 0 Å². The fraction of sp³-hybridized carbons (Fsp3) is 1.00. The largest absolute Gasteiger partial charge is 0.314 e.